The van der Waals surface area contributed by atoms with Gasteiger partial charge < -0.3 is 0 Å². The molecule has 0 aromatic heterocycles. The Kier molecular flexibility index (Phi) is 34.7. The summed E-state index contributed by atoms with van der Waals surface area (Å²) in [6.45, 7) is 14.0. The van der Waals surface area contributed by atoms with Crippen LogP contribution in [0, 0.1) is 80.1 Å². The molecule has 0 fully saturated rings. The summed E-state index contributed by atoms with van der Waals surface area (Å²) in [6.07, 6.45) is 12.7. The molecule has 4 aromatic rings. The minimum atomic E-state index is -0.684. The maximum Gasteiger partial charge on any atom is 0.167 e. The standard InChI is InChI=1S/C17H20F2.C16H22F2.C12H16F2.3CH4.3N2/c1-4-6-12-8-9-13-10-14(7-5-2)16(18)17(19)15(13)11(12)3;1-3-5-11-7-8-12-10-13(6-4-2)15(17)16(18)14(12)9-11;1-3-5-9-7-8-10(6-4-2)12(14)11(9)13;;;;3*1-2/h8-10H,4-7H2,1-3H3;10-11H,3-9H2,1-2H3;7-8H,3-6H2,1-2H3;3*1H4;;;. The monoisotopic (exact) mass is 845 g/mol. The number of hydrogen-bond donors (Lipinski definition) is 0. The first-order valence-corrected chi connectivity index (χ1v) is 19.9. The third-order valence-corrected chi connectivity index (χ3v) is 9.96. The number of fused-ring (bicyclic) bond motifs is 2. The third-order valence-electron chi connectivity index (χ3n) is 9.96. The molecule has 0 N–H and O–H groups in total. The Balaban J connectivity index is -0.000000363. The lowest BCUT2D eigenvalue weighted by Crippen LogP contribution is -2.17. The maximum atomic E-state index is 14.3. The van der Waals surface area contributed by atoms with Crippen molar-refractivity contribution in [2.45, 2.75) is 167 Å². The van der Waals surface area contributed by atoms with Crippen molar-refractivity contribution in [1.29, 1.82) is 32.4 Å². The molecule has 1 aliphatic carbocycles. The average Bonchev–Trinajstić information content (AvgIpc) is 3.23. The highest BCUT2D eigenvalue weighted by Gasteiger charge is 2.25. The second-order valence-corrected chi connectivity index (χ2v) is 14.1. The van der Waals surface area contributed by atoms with Gasteiger partial charge in [0.15, 0.2) is 34.9 Å². The van der Waals surface area contributed by atoms with E-state index in [9.17, 15) is 26.3 Å². The highest BCUT2D eigenvalue weighted by Crippen LogP contribution is 2.33. The zero-order chi connectivity index (χ0) is 43.7. The molecule has 0 saturated heterocycles. The predicted octanol–water partition coefficient (Wildman–Crippen LogP) is 16.0. The molecule has 0 bridgehead atoms. The Morgan fingerprint density at radius 1 is 0.483 bits per heavy atom. The lowest BCUT2D eigenvalue weighted by molar-refractivity contribution is 0.400. The molecular formula is C48H70F6N6. The van der Waals surface area contributed by atoms with Gasteiger partial charge in [0, 0.05) is 37.7 Å². The van der Waals surface area contributed by atoms with E-state index in [1.165, 1.54) is 0 Å². The zero-order valence-electron chi connectivity index (χ0n) is 34.6. The topological polar surface area (TPSA) is 143 Å². The summed E-state index contributed by atoms with van der Waals surface area (Å²) in [6, 6.07) is 11.0. The Morgan fingerprint density at radius 2 is 0.867 bits per heavy atom. The summed E-state index contributed by atoms with van der Waals surface area (Å²) < 4.78 is 83.1. The molecule has 334 valence electrons. The van der Waals surface area contributed by atoms with Crippen LogP contribution >= 0.6 is 0 Å². The fraction of sp³-hybridized carbons (Fsp3) is 0.542. The average molecular weight is 845 g/mol. The van der Waals surface area contributed by atoms with Crippen molar-refractivity contribution < 1.29 is 26.3 Å². The molecule has 0 spiro atoms. The van der Waals surface area contributed by atoms with E-state index >= 15 is 0 Å². The van der Waals surface area contributed by atoms with Gasteiger partial charge in [0.2, 0.25) is 0 Å². The van der Waals surface area contributed by atoms with Gasteiger partial charge in [-0.25, -0.2) is 26.3 Å². The Hall–Kier alpha value is -5.02. The van der Waals surface area contributed by atoms with Crippen LogP contribution in [0.5, 0.6) is 0 Å². The van der Waals surface area contributed by atoms with Crippen LogP contribution in [-0.2, 0) is 44.9 Å². The van der Waals surface area contributed by atoms with Crippen molar-refractivity contribution in [2.75, 3.05) is 0 Å². The molecule has 1 unspecified atom stereocenters. The van der Waals surface area contributed by atoms with E-state index in [-0.39, 0.29) is 22.3 Å². The van der Waals surface area contributed by atoms with E-state index in [0.29, 0.717) is 64.8 Å². The molecule has 6 nitrogen and oxygen atoms in total. The summed E-state index contributed by atoms with van der Waals surface area (Å²) >= 11 is 0. The maximum absolute atomic E-state index is 14.3. The number of benzene rings is 4. The molecule has 1 aliphatic rings. The molecule has 1 atom stereocenters. The largest absolute Gasteiger partial charge is 0.203 e. The normalized spacial score (nSPS) is 11.8. The van der Waals surface area contributed by atoms with Crippen molar-refractivity contribution >= 4 is 10.8 Å². The first-order valence-electron chi connectivity index (χ1n) is 19.9. The van der Waals surface area contributed by atoms with E-state index in [4.69, 9.17) is 32.4 Å². The Labute approximate surface area is 357 Å². The summed E-state index contributed by atoms with van der Waals surface area (Å²) in [4.78, 5) is 0. The van der Waals surface area contributed by atoms with Crippen LogP contribution in [0.25, 0.3) is 10.8 Å². The van der Waals surface area contributed by atoms with Gasteiger partial charge in [-0.15, -0.1) is 0 Å². The van der Waals surface area contributed by atoms with Crippen LogP contribution in [0.1, 0.15) is 160 Å². The summed E-state index contributed by atoms with van der Waals surface area (Å²) in [5, 5.41) is 37.3. The molecule has 12 heteroatoms. The van der Waals surface area contributed by atoms with Crippen molar-refractivity contribution in [3.8, 4) is 0 Å². The van der Waals surface area contributed by atoms with Crippen molar-refractivity contribution in [3.63, 3.8) is 0 Å². The second-order valence-electron chi connectivity index (χ2n) is 14.1. The van der Waals surface area contributed by atoms with E-state index in [0.717, 1.165) is 92.7 Å². The van der Waals surface area contributed by atoms with Gasteiger partial charge in [-0.2, -0.15) is 0 Å². The quantitative estimate of drug-likeness (QED) is 0.103. The summed E-state index contributed by atoms with van der Waals surface area (Å²) in [5.74, 6) is -3.31. The summed E-state index contributed by atoms with van der Waals surface area (Å²) in [7, 11) is 0. The van der Waals surface area contributed by atoms with Gasteiger partial charge in [0.05, 0.1) is 0 Å². The predicted molar refractivity (Wildman–Crippen MR) is 232 cm³/mol. The lowest BCUT2D eigenvalue weighted by atomic mass is 9.80. The van der Waals surface area contributed by atoms with Gasteiger partial charge in [-0.1, -0.05) is 139 Å². The molecule has 60 heavy (non-hydrogen) atoms. The smallest absolute Gasteiger partial charge is 0.167 e. The highest BCUT2D eigenvalue weighted by atomic mass is 19.2. The summed E-state index contributed by atoms with van der Waals surface area (Å²) in [5.41, 5.74) is 5.70. The van der Waals surface area contributed by atoms with Gasteiger partial charge in [0.25, 0.3) is 0 Å². The number of nitrogens with zero attached hydrogens (tertiary/aromatic N) is 6. The Morgan fingerprint density at radius 3 is 1.32 bits per heavy atom. The molecule has 4 aromatic carbocycles. The minimum Gasteiger partial charge on any atom is -0.203 e. The van der Waals surface area contributed by atoms with Crippen LogP contribution in [0.2, 0.25) is 0 Å². The van der Waals surface area contributed by atoms with Crippen molar-refractivity contribution in [2.24, 2.45) is 5.92 Å². The van der Waals surface area contributed by atoms with E-state index in [1.54, 1.807) is 18.2 Å². The molecule has 5 rings (SSSR count). The SMILES string of the molecule is C.C.C.CCCc1cc2c(c(F)c1F)CC(CCC)CC2.CCCc1cc2ccc(CCC)c(C)c2c(F)c1F.CCCc1ccc(CCC)c(F)c1F.N#N.N#N.N#N. The molecule has 0 aliphatic heterocycles. The van der Waals surface area contributed by atoms with Crippen molar-refractivity contribution in [3.05, 3.63) is 116 Å². The highest BCUT2D eigenvalue weighted by molar-refractivity contribution is 5.88. The molecular weight excluding hydrogens is 775 g/mol. The molecule has 0 amide bonds. The number of aryl methyl sites for hydroxylation is 7. The van der Waals surface area contributed by atoms with Gasteiger partial charge in [-0.3, -0.25) is 0 Å². The van der Waals surface area contributed by atoms with E-state index in [1.807, 2.05) is 52.8 Å². The first kappa shape index (κ1) is 61.6. The third kappa shape index (κ3) is 16.9. The van der Waals surface area contributed by atoms with E-state index in [2.05, 4.69) is 13.8 Å². The van der Waals surface area contributed by atoms with Crippen LogP contribution in [0.15, 0.2) is 36.4 Å². The number of hydrogen-bond acceptors (Lipinski definition) is 6. The number of rotatable bonds is 12. The van der Waals surface area contributed by atoms with Crippen molar-refractivity contribution in [1.82, 2.24) is 0 Å². The molecule has 0 saturated carbocycles. The fourth-order valence-electron chi connectivity index (χ4n) is 7.31. The van der Waals surface area contributed by atoms with E-state index < -0.39 is 34.9 Å². The Bertz CT molecular complexity index is 1840. The first-order chi connectivity index (χ1) is 27.5. The second kappa shape index (κ2) is 33.8. The van der Waals surface area contributed by atoms with Crippen LogP contribution in [0.3, 0.4) is 0 Å². The lowest BCUT2D eigenvalue weighted by Gasteiger charge is -2.25. The number of halogens is 6. The van der Waals surface area contributed by atoms with Gasteiger partial charge >= 0.3 is 0 Å². The van der Waals surface area contributed by atoms with Crippen LogP contribution in [-0.4, -0.2) is 0 Å². The van der Waals surface area contributed by atoms with Crippen LogP contribution in [0.4, 0.5) is 26.3 Å². The molecule has 0 radical (unpaired) electrons. The van der Waals surface area contributed by atoms with Gasteiger partial charge in [-0.05, 0) is 120 Å². The zero-order valence-corrected chi connectivity index (χ0v) is 34.6. The van der Waals surface area contributed by atoms with Gasteiger partial charge in [0.1, 0.15) is 0 Å². The minimum absolute atomic E-state index is 0. The van der Waals surface area contributed by atoms with Crippen LogP contribution < -0.4 is 0 Å². The fourth-order valence-corrected chi connectivity index (χ4v) is 7.31. The molecule has 0 heterocycles.